The SMILES string of the molecule is CCN(CCC(N)=S)CC(=O)NCCC(C)C. The van der Waals surface area contributed by atoms with Gasteiger partial charge in [0.1, 0.15) is 0 Å². The molecule has 0 aliphatic heterocycles. The van der Waals surface area contributed by atoms with Crippen LogP contribution in [-0.4, -0.2) is 42.0 Å². The molecule has 0 atom stereocenters. The standard InChI is InChI=1S/C12H25N3OS/c1-4-15(8-6-11(13)17)9-12(16)14-7-5-10(2)3/h10H,4-9H2,1-3H3,(H2,13,17)(H,14,16). The minimum absolute atomic E-state index is 0.0791. The number of carbonyl (C=O) groups excluding carboxylic acids is 1. The number of nitrogens with zero attached hydrogens (tertiary/aromatic N) is 1. The summed E-state index contributed by atoms with van der Waals surface area (Å²) in [6.45, 7) is 9.09. The Morgan fingerprint density at radius 3 is 2.59 bits per heavy atom. The van der Waals surface area contributed by atoms with Crippen molar-refractivity contribution in [1.82, 2.24) is 10.2 Å². The Morgan fingerprint density at radius 2 is 2.12 bits per heavy atom. The lowest BCUT2D eigenvalue weighted by Gasteiger charge is -2.19. The Hall–Kier alpha value is -0.680. The van der Waals surface area contributed by atoms with E-state index >= 15 is 0 Å². The minimum atomic E-state index is 0.0791. The number of nitrogens with one attached hydrogen (secondary N) is 1. The molecule has 0 heterocycles. The summed E-state index contributed by atoms with van der Waals surface area (Å²) in [5.41, 5.74) is 5.44. The van der Waals surface area contributed by atoms with Gasteiger partial charge in [-0.1, -0.05) is 33.0 Å². The molecule has 0 saturated carbocycles. The molecule has 0 aromatic carbocycles. The molecule has 0 radical (unpaired) electrons. The third kappa shape index (κ3) is 10.2. The predicted octanol–water partition coefficient (Wildman–Crippen LogP) is 1.15. The Labute approximate surface area is 110 Å². The summed E-state index contributed by atoms with van der Waals surface area (Å²) in [7, 11) is 0. The van der Waals surface area contributed by atoms with E-state index in [1.807, 2.05) is 11.8 Å². The second-order valence-electron chi connectivity index (χ2n) is 4.62. The van der Waals surface area contributed by atoms with Gasteiger partial charge in [-0.05, 0) is 18.9 Å². The molecular formula is C12H25N3OS. The van der Waals surface area contributed by atoms with Crippen LogP contribution in [0.2, 0.25) is 0 Å². The second-order valence-corrected chi connectivity index (χ2v) is 5.14. The van der Waals surface area contributed by atoms with Crippen LogP contribution in [0.25, 0.3) is 0 Å². The summed E-state index contributed by atoms with van der Waals surface area (Å²) in [5, 5.41) is 2.92. The van der Waals surface area contributed by atoms with E-state index in [-0.39, 0.29) is 5.91 Å². The maximum Gasteiger partial charge on any atom is 0.234 e. The quantitative estimate of drug-likeness (QED) is 0.610. The summed E-state index contributed by atoms with van der Waals surface area (Å²) < 4.78 is 0. The van der Waals surface area contributed by atoms with E-state index in [9.17, 15) is 4.79 Å². The molecule has 0 aliphatic rings. The van der Waals surface area contributed by atoms with Crippen LogP contribution in [-0.2, 0) is 4.79 Å². The van der Waals surface area contributed by atoms with Crippen LogP contribution in [0.15, 0.2) is 0 Å². The Kier molecular flexibility index (Phi) is 8.99. The van der Waals surface area contributed by atoms with Crippen LogP contribution >= 0.6 is 12.2 Å². The van der Waals surface area contributed by atoms with Gasteiger partial charge in [0.15, 0.2) is 0 Å². The van der Waals surface area contributed by atoms with Crippen LogP contribution in [0, 0.1) is 5.92 Å². The molecule has 0 aromatic heterocycles. The van der Waals surface area contributed by atoms with Gasteiger partial charge in [-0.3, -0.25) is 9.69 Å². The fraction of sp³-hybridized carbons (Fsp3) is 0.833. The normalized spacial score (nSPS) is 10.9. The van der Waals surface area contributed by atoms with Gasteiger partial charge in [-0.25, -0.2) is 0 Å². The first kappa shape index (κ1) is 16.3. The number of hydrogen-bond donors (Lipinski definition) is 2. The molecule has 4 nitrogen and oxygen atoms in total. The molecule has 0 spiro atoms. The average Bonchev–Trinajstić information content (AvgIpc) is 2.23. The summed E-state index contributed by atoms with van der Waals surface area (Å²) in [6, 6.07) is 0. The molecule has 1 amide bonds. The van der Waals surface area contributed by atoms with Crippen LogP contribution in [0.3, 0.4) is 0 Å². The third-order valence-electron chi connectivity index (χ3n) is 2.53. The van der Waals surface area contributed by atoms with Crippen molar-refractivity contribution in [2.45, 2.75) is 33.6 Å². The number of rotatable bonds is 9. The van der Waals surface area contributed by atoms with E-state index < -0.39 is 0 Å². The number of likely N-dealkylation sites (N-methyl/N-ethyl adjacent to an activating group) is 1. The first-order valence-corrected chi connectivity index (χ1v) is 6.63. The Balaban J connectivity index is 3.77. The van der Waals surface area contributed by atoms with Crippen LogP contribution < -0.4 is 11.1 Å². The van der Waals surface area contributed by atoms with Crippen molar-refractivity contribution in [3.05, 3.63) is 0 Å². The zero-order valence-corrected chi connectivity index (χ0v) is 12.0. The Bertz CT molecular complexity index is 244. The molecule has 0 aliphatic carbocycles. The van der Waals surface area contributed by atoms with Crippen molar-refractivity contribution in [2.75, 3.05) is 26.2 Å². The molecule has 3 N–H and O–H groups in total. The first-order chi connectivity index (χ1) is 7.95. The lowest BCUT2D eigenvalue weighted by atomic mass is 10.1. The number of thiocarbonyl (C=S) groups is 1. The van der Waals surface area contributed by atoms with Gasteiger partial charge >= 0.3 is 0 Å². The summed E-state index contributed by atoms with van der Waals surface area (Å²) >= 11 is 4.82. The van der Waals surface area contributed by atoms with Crippen molar-refractivity contribution < 1.29 is 4.79 Å². The molecule has 0 fully saturated rings. The topological polar surface area (TPSA) is 58.4 Å². The highest BCUT2D eigenvalue weighted by Crippen LogP contribution is 1.96. The molecule has 0 rings (SSSR count). The van der Waals surface area contributed by atoms with E-state index in [2.05, 4.69) is 19.2 Å². The zero-order valence-electron chi connectivity index (χ0n) is 11.2. The Morgan fingerprint density at radius 1 is 1.47 bits per heavy atom. The van der Waals surface area contributed by atoms with Gasteiger partial charge in [0.2, 0.25) is 5.91 Å². The molecule has 0 unspecified atom stereocenters. The van der Waals surface area contributed by atoms with E-state index in [4.69, 9.17) is 18.0 Å². The van der Waals surface area contributed by atoms with Gasteiger partial charge < -0.3 is 11.1 Å². The van der Waals surface area contributed by atoms with Crippen molar-refractivity contribution in [3.8, 4) is 0 Å². The van der Waals surface area contributed by atoms with Crippen molar-refractivity contribution >= 4 is 23.1 Å². The highest BCUT2D eigenvalue weighted by atomic mass is 32.1. The van der Waals surface area contributed by atoms with Crippen molar-refractivity contribution in [3.63, 3.8) is 0 Å². The lowest BCUT2D eigenvalue weighted by molar-refractivity contribution is -0.122. The molecule has 0 saturated heterocycles. The van der Waals surface area contributed by atoms with E-state index in [0.29, 0.717) is 23.9 Å². The number of amides is 1. The summed E-state index contributed by atoms with van der Waals surface area (Å²) in [6.07, 6.45) is 1.69. The maximum atomic E-state index is 11.6. The largest absolute Gasteiger partial charge is 0.393 e. The first-order valence-electron chi connectivity index (χ1n) is 6.23. The third-order valence-corrected chi connectivity index (χ3v) is 2.74. The van der Waals surface area contributed by atoms with Crippen LogP contribution in [0.1, 0.15) is 33.6 Å². The number of carbonyl (C=O) groups is 1. The average molecular weight is 259 g/mol. The molecule has 0 aromatic rings. The maximum absolute atomic E-state index is 11.6. The van der Waals surface area contributed by atoms with Gasteiger partial charge in [0, 0.05) is 19.5 Å². The number of hydrogen-bond acceptors (Lipinski definition) is 3. The summed E-state index contributed by atoms with van der Waals surface area (Å²) in [5.74, 6) is 0.697. The van der Waals surface area contributed by atoms with Crippen molar-refractivity contribution in [2.24, 2.45) is 11.7 Å². The van der Waals surface area contributed by atoms with Gasteiger partial charge in [-0.2, -0.15) is 0 Å². The van der Waals surface area contributed by atoms with Gasteiger partial charge in [-0.15, -0.1) is 0 Å². The predicted molar refractivity (Wildman–Crippen MR) is 76.0 cm³/mol. The van der Waals surface area contributed by atoms with E-state index in [1.54, 1.807) is 0 Å². The highest BCUT2D eigenvalue weighted by Gasteiger charge is 2.08. The highest BCUT2D eigenvalue weighted by molar-refractivity contribution is 7.80. The molecular weight excluding hydrogens is 234 g/mol. The second kappa shape index (κ2) is 9.36. The van der Waals surface area contributed by atoms with Crippen LogP contribution in [0.5, 0.6) is 0 Å². The van der Waals surface area contributed by atoms with E-state index in [0.717, 1.165) is 26.1 Å². The number of nitrogens with two attached hydrogens (primary N) is 1. The monoisotopic (exact) mass is 259 g/mol. The van der Waals surface area contributed by atoms with Gasteiger partial charge in [0.25, 0.3) is 0 Å². The van der Waals surface area contributed by atoms with E-state index in [1.165, 1.54) is 0 Å². The molecule has 0 bridgehead atoms. The van der Waals surface area contributed by atoms with Crippen LogP contribution in [0.4, 0.5) is 0 Å². The minimum Gasteiger partial charge on any atom is -0.393 e. The van der Waals surface area contributed by atoms with Gasteiger partial charge in [0.05, 0.1) is 11.5 Å². The smallest absolute Gasteiger partial charge is 0.234 e. The summed E-state index contributed by atoms with van der Waals surface area (Å²) in [4.78, 5) is 14.2. The molecule has 100 valence electrons. The van der Waals surface area contributed by atoms with Crippen molar-refractivity contribution in [1.29, 1.82) is 0 Å². The molecule has 5 heteroatoms. The fourth-order valence-electron chi connectivity index (χ4n) is 1.38. The lowest BCUT2D eigenvalue weighted by Crippen LogP contribution is -2.39. The fourth-order valence-corrected chi connectivity index (χ4v) is 1.47. The molecule has 17 heavy (non-hydrogen) atoms. The zero-order chi connectivity index (χ0) is 13.3.